The summed E-state index contributed by atoms with van der Waals surface area (Å²) in [5, 5.41) is 0. The van der Waals surface area contributed by atoms with Gasteiger partial charge in [0.15, 0.2) is 0 Å². The summed E-state index contributed by atoms with van der Waals surface area (Å²) in [6.07, 6.45) is 0. The SMILES string of the molecule is Cc1cccc(C)c1B1c2ccc(B(c3ccccc3)c3ccccc3)cc2-c2cc(N(c3ccccc3)c3ccccc3)ccc2-c2ccc(N(c3ccccc3)c3ccccc3)cc2-c2cc(B(c3ccccc3)c3ccccc3)ccc21. The molecule has 13 aromatic rings. The lowest BCUT2D eigenvalue weighted by molar-refractivity contribution is 1.28. The van der Waals surface area contributed by atoms with Crippen molar-refractivity contribution in [3.8, 4) is 33.4 Å². The van der Waals surface area contributed by atoms with Gasteiger partial charge in [0.25, 0.3) is 0 Å². The van der Waals surface area contributed by atoms with Gasteiger partial charge in [-0.2, -0.15) is 0 Å². The first-order chi connectivity index (χ1) is 42.0. The molecule has 0 atom stereocenters. The standard InChI is InChI=1S/C80H61B3N2/c1-58-28-27-29-59(2)80(58)83-78-52-46-64(81(60-30-11-3-12-31-60)61-32-13-4-14-33-61)54-76(78)74-56-70(84(66-38-19-7-20-39-66)67-40-21-8-22-41-67)48-50-72(74)73-51-49-71(85(68-42-23-9-24-43-68)69-44-25-10-26-45-69)57-75(73)77-55-65(47-53-79(77)83)82(62-34-15-5-16-35-62)63-36-17-6-18-37-63/h3-57H,1-2H3. The molecule has 0 spiro atoms. The van der Waals surface area contributed by atoms with Crippen molar-refractivity contribution in [1.29, 1.82) is 0 Å². The van der Waals surface area contributed by atoms with Gasteiger partial charge in [-0.25, -0.2) is 0 Å². The highest BCUT2D eigenvalue weighted by molar-refractivity contribution is 6.99. The zero-order valence-corrected chi connectivity index (χ0v) is 47.9. The van der Waals surface area contributed by atoms with Gasteiger partial charge in [-0.05, 0) is 120 Å². The maximum Gasteiger partial charge on any atom is 0.243 e. The van der Waals surface area contributed by atoms with Gasteiger partial charge in [0, 0.05) is 34.1 Å². The molecular weight excluding hydrogens is 1020 g/mol. The normalized spacial score (nSPS) is 11.4. The van der Waals surface area contributed by atoms with E-state index in [4.69, 9.17) is 0 Å². The van der Waals surface area contributed by atoms with E-state index in [0.29, 0.717) is 0 Å². The van der Waals surface area contributed by atoms with E-state index in [1.807, 2.05) is 0 Å². The van der Waals surface area contributed by atoms with Crippen LogP contribution in [0.15, 0.2) is 334 Å². The van der Waals surface area contributed by atoms with Gasteiger partial charge in [0.05, 0.1) is 0 Å². The van der Waals surface area contributed by atoms with Crippen LogP contribution in [-0.2, 0) is 0 Å². The lowest BCUT2D eigenvalue weighted by Crippen LogP contribution is -2.57. The summed E-state index contributed by atoms with van der Waals surface area (Å²) >= 11 is 0. The fraction of sp³-hybridized carbons (Fsp3) is 0.0250. The van der Waals surface area contributed by atoms with Gasteiger partial charge in [-0.15, -0.1) is 0 Å². The first-order valence-corrected chi connectivity index (χ1v) is 29.7. The average molecular weight is 1080 g/mol. The van der Waals surface area contributed by atoms with E-state index < -0.39 is 0 Å². The summed E-state index contributed by atoms with van der Waals surface area (Å²) in [6, 6.07) is 124. The van der Waals surface area contributed by atoms with Crippen molar-refractivity contribution in [3.05, 3.63) is 345 Å². The van der Waals surface area contributed by atoms with Gasteiger partial charge in [-0.3, -0.25) is 0 Å². The average Bonchev–Trinajstić information content (AvgIpc) is 3.65. The molecule has 5 heteroatoms. The molecule has 0 saturated heterocycles. The Morgan fingerprint density at radius 2 is 0.518 bits per heavy atom. The molecule has 0 bridgehead atoms. The molecule has 85 heavy (non-hydrogen) atoms. The molecule has 0 unspecified atom stereocenters. The minimum Gasteiger partial charge on any atom is -0.310 e. The zero-order valence-electron chi connectivity index (χ0n) is 47.9. The lowest BCUT2D eigenvalue weighted by Gasteiger charge is -2.28. The maximum atomic E-state index is 2.55. The van der Waals surface area contributed by atoms with E-state index >= 15 is 0 Å². The Labute approximate surface area is 502 Å². The third kappa shape index (κ3) is 10.3. The van der Waals surface area contributed by atoms with Crippen LogP contribution in [0, 0.1) is 13.8 Å². The van der Waals surface area contributed by atoms with Crippen LogP contribution in [0.4, 0.5) is 34.1 Å². The van der Waals surface area contributed by atoms with Crippen molar-refractivity contribution < 1.29 is 0 Å². The second-order valence-electron chi connectivity index (χ2n) is 22.4. The predicted octanol–water partition coefficient (Wildman–Crippen LogP) is 14.1. The van der Waals surface area contributed by atoms with Crippen LogP contribution in [0.1, 0.15) is 11.1 Å². The number of hydrogen-bond donors (Lipinski definition) is 0. The second-order valence-corrected chi connectivity index (χ2v) is 22.4. The molecule has 2 nitrogen and oxygen atoms in total. The Hall–Kier alpha value is -10.3. The number of anilines is 6. The highest BCUT2D eigenvalue weighted by atomic mass is 15.1. The predicted molar refractivity (Wildman–Crippen MR) is 368 cm³/mol. The van der Waals surface area contributed by atoms with Crippen molar-refractivity contribution in [3.63, 3.8) is 0 Å². The largest absolute Gasteiger partial charge is 0.310 e. The highest BCUT2D eigenvalue weighted by Gasteiger charge is 2.36. The van der Waals surface area contributed by atoms with Crippen molar-refractivity contribution in [2.45, 2.75) is 13.8 Å². The fourth-order valence-corrected chi connectivity index (χ4v) is 13.4. The molecule has 0 fully saturated rings. The number of benzene rings is 13. The van der Waals surface area contributed by atoms with E-state index in [9.17, 15) is 0 Å². The third-order valence-electron chi connectivity index (χ3n) is 17.3. The number of nitrogens with zero attached hydrogens (tertiary/aromatic N) is 2. The van der Waals surface area contributed by atoms with E-state index in [2.05, 4.69) is 357 Å². The monoisotopic (exact) mass is 1080 g/mol. The summed E-state index contributed by atoms with van der Waals surface area (Å²) in [5.41, 5.74) is 27.4. The van der Waals surface area contributed by atoms with Crippen molar-refractivity contribution in [1.82, 2.24) is 0 Å². The summed E-state index contributed by atoms with van der Waals surface area (Å²) < 4.78 is 0. The minimum atomic E-state index is -0.196. The number of hydrogen-bond acceptors (Lipinski definition) is 2. The summed E-state index contributed by atoms with van der Waals surface area (Å²) in [5.74, 6) is 0. The number of aryl methyl sites for hydroxylation is 2. The van der Waals surface area contributed by atoms with Crippen LogP contribution >= 0.6 is 0 Å². The van der Waals surface area contributed by atoms with E-state index in [-0.39, 0.29) is 20.1 Å². The van der Waals surface area contributed by atoms with E-state index in [1.165, 1.54) is 82.5 Å². The highest BCUT2D eigenvalue weighted by Crippen LogP contribution is 2.46. The van der Waals surface area contributed by atoms with Crippen LogP contribution in [0.2, 0.25) is 0 Å². The van der Waals surface area contributed by atoms with Crippen molar-refractivity contribution in [2.75, 3.05) is 9.80 Å². The van der Waals surface area contributed by atoms with Gasteiger partial charge in [-0.1, -0.05) is 321 Å². The Balaban J connectivity index is 1.14. The molecule has 0 aliphatic carbocycles. The quantitative estimate of drug-likeness (QED) is 0.106. The Morgan fingerprint density at radius 1 is 0.224 bits per heavy atom. The molecule has 0 N–H and O–H groups in total. The molecule has 0 saturated carbocycles. The topological polar surface area (TPSA) is 6.48 Å². The van der Waals surface area contributed by atoms with Crippen LogP contribution in [0.5, 0.6) is 0 Å². The van der Waals surface area contributed by atoms with Crippen molar-refractivity contribution in [2.24, 2.45) is 0 Å². The summed E-state index contributed by atoms with van der Waals surface area (Å²) in [4.78, 5) is 4.82. The van der Waals surface area contributed by atoms with Crippen molar-refractivity contribution >= 4 is 103 Å². The van der Waals surface area contributed by atoms with E-state index in [0.717, 1.165) is 45.3 Å². The first kappa shape index (κ1) is 52.7. The van der Waals surface area contributed by atoms with Gasteiger partial charge < -0.3 is 9.80 Å². The Bertz CT molecular complexity index is 3990. The minimum absolute atomic E-state index is 0.0321. The molecular formula is C80H61B3N2. The third-order valence-corrected chi connectivity index (χ3v) is 17.3. The number of fused-ring (bicyclic) bond motifs is 7. The molecule has 1 heterocycles. The molecule has 1 aliphatic heterocycles. The van der Waals surface area contributed by atoms with E-state index in [1.54, 1.807) is 0 Å². The molecule has 1 aliphatic rings. The lowest BCUT2D eigenvalue weighted by atomic mass is 9.32. The maximum absolute atomic E-state index is 2.55. The van der Waals surface area contributed by atoms with Gasteiger partial charge >= 0.3 is 0 Å². The number of rotatable bonds is 13. The van der Waals surface area contributed by atoms with Crippen LogP contribution < -0.4 is 59.0 Å². The zero-order chi connectivity index (χ0) is 57.1. The van der Waals surface area contributed by atoms with Crippen LogP contribution in [0.25, 0.3) is 33.4 Å². The van der Waals surface area contributed by atoms with Gasteiger partial charge in [0.2, 0.25) is 20.1 Å². The molecule has 13 aromatic carbocycles. The molecule has 400 valence electrons. The Kier molecular flexibility index (Phi) is 14.6. The second kappa shape index (κ2) is 23.5. The molecule has 0 aromatic heterocycles. The number of para-hydroxylation sites is 4. The molecule has 0 amide bonds. The fourth-order valence-electron chi connectivity index (χ4n) is 13.4. The summed E-state index contributed by atoms with van der Waals surface area (Å²) in [7, 11) is 0. The van der Waals surface area contributed by atoms with Gasteiger partial charge in [0.1, 0.15) is 0 Å². The summed E-state index contributed by atoms with van der Waals surface area (Å²) in [6.45, 7) is 4.36. The van der Waals surface area contributed by atoms with Crippen LogP contribution in [0.3, 0.4) is 0 Å². The smallest absolute Gasteiger partial charge is 0.243 e. The van der Waals surface area contributed by atoms with Crippen LogP contribution in [-0.4, -0.2) is 20.1 Å². The molecule has 14 rings (SSSR count). The Morgan fingerprint density at radius 3 is 0.824 bits per heavy atom. The first-order valence-electron chi connectivity index (χ1n) is 29.7. The molecule has 0 radical (unpaired) electrons.